The van der Waals surface area contributed by atoms with Crippen molar-refractivity contribution >= 4 is 11.3 Å². The fourth-order valence-electron chi connectivity index (χ4n) is 2.14. The van der Waals surface area contributed by atoms with E-state index in [0.717, 1.165) is 19.4 Å². The van der Waals surface area contributed by atoms with E-state index in [9.17, 15) is 0 Å². The van der Waals surface area contributed by atoms with Crippen LogP contribution in [-0.4, -0.2) is 6.54 Å². The first-order valence-electron chi connectivity index (χ1n) is 6.69. The van der Waals surface area contributed by atoms with Crippen molar-refractivity contribution in [2.45, 2.75) is 32.7 Å². The van der Waals surface area contributed by atoms with E-state index in [1.807, 2.05) is 11.3 Å². The Labute approximate surface area is 114 Å². The maximum atomic E-state index is 3.60. The molecule has 1 unspecified atom stereocenters. The molecule has 1 aromatic heterocycles. The Morgan fingerprint density at radius 1 is 1.06 bits per heavy atom. The van der Waals surface area contributed by atoms with Gasteiger partial charge in [0, 0.05) is 15.8 Å². The zero-order valence-corrected chi connectivity index (χ0v) is 12.0. The predicted octanol–water partition coefficient (Wildman–Crippen LogP) is 4.20. The Kier molecular flexibility index (Phi) is 4.97. The fraction of sp³-hybridized carbons (Fsp3) is 0.375. The molecule has 1 N–H and O–H groups in total. The van der Waals surface area contributed by atoms with Gasteiger partial charge in [0.2, 0.25) is 0 Å². The third-order valence-corrected chi connectivity index (χ3v) is 4.45. The highest BCUT2D eigenvalue weighted by molar-refractivity contribution is 7.12. The Balaban J connectivity index is 2.12. The van der Waals surface area contributed by atoms with Crippen LogP contribution in [0.3, 0.4) is 0 Å². The van der Waals surface area contributed by atoms with Crippen molar-refractivity contribution in [1.29, 1.82) is 0 Å². The monoisotopic (exact) mass is 259 g/mol. The van der Waals surface area contributed by atoms with E-state index in [4.69, 9.17) is 0 Å². The van der Waals surface area contributed by atoms with Crippen molar-refractivity contribution in [2.75, 3.05) is 6.54 Å². The molecule has 1 atom stereocenters. The average Bonchev–Trinajstić information content (AvgIpc) is 2.88. The molecular formula is C16H21NS. The van der Waals surface area contributed by atoms with Gasteiger partial charge in [-0.3, -0.25) is 0 Å². The summed E-state index contributed by atoms with van der Waals surface area (Å²) in [5.41, 5.74) is 1.40. The second kappa shape index (κ2) is 6.72. The van der Waals surface area contributed by atoms with Crippen molar-refractivity contribution in [3.8, 4) is 0 Å². The van der Waals surface area contributed by atoms with E-state index >= 15 is 0 Å². The van der Waals surface area contributed by atoms with Gasteiger partial charge < -0.3 is 5.32 Å². The van der Waals surface area contributed by atoms with Crippen LogP contribution in [0.15, 0.2) is 42.5 Å². The van der Waals surface area contributed by atoms with Crippen LogP contribution in [-0.2, 0) is 12.8 Å². The van der Waals surface area contributed by atoms with Crippen LogP contribution in [0.25, 0.3) is 0 Å². The Bertz CT molecular complexity index is 461. The van der Waals surface area contributed by atoms with Gasteiger partial charge in [0.05, 0.1) is 0 Å². The molecule has 1 nitrogen and oxygen atoms in total. The lowest BCUT2D eigenvalue weighted by Gasteiger charge is -2.16. The largest absolute Gasteiger partial charge is 0.309 e. The van der Waals surface area contributed by atoms with Crippen LogP contribution in [0, 0.1) is 0 Å². The Hall–Kier alpha value is -1.12. The molecule has 0 aliphatic rings. The zero-order chi connectivity index (χ0) is 12.8. The minimum atomic E-state index is 0.447. The van der Waals surface area contributed by atoms with Crippen LogP contribution in [0.2, 0.25) is 0 Å². The molecule has 2 aromatic rings. The van der Waals surface area contributed by atoms with Gasteiger partial charge in [0.1, 0.15) is 0 Å². The molecule has 2 rings (SSSR count). The van der Waals surface area contributed by atoms with Gasteiger partial charge in [-0.05, 0) is 37.1 Å². The van der Waals surface area contributed by atoms with Crippen LogP contribution in [0.1, 0.15) is 35.2 Å². The summed E-state index contributed by atoms with van der Waals surface area (Å²) >= 11 is 1.94. The molecule has 2 heteroatoms. The summed E-state index contributed by atoms with van der Waals surface area (Å²) in [6, 6.07) is 15.7. The van der Waals surface area contributed by atoms with Crippen LogP contribution in [0.5, 0.6) is 0 Å². The van der Waals surface area contributed by atoms with Crippen molar-refractivity contribution in [3.05, 3.63) is 57.8 Å². The quantitative estimate of drug-likeness (QED) is 0.819. The first-order valence-corrected chi connectivity index (χ1v) is 7.51. The second-order valence-electron chi connectivity index (χ2n) is 4.46. The van der Waals surface area contributed by atoms with Crippen molar-refractivity contribution in [1.82, 2.24) is 5.32 Å². The molecule has 0 bridgehead atoms. The van der Waals surface area contributed by atoms with Crippen LogP contribution in [0.4, 0.5) is 0 Å². The van der Waals surface area contributed by atoms with Crippen LogP contribution >= 0.6 is 11.3 Å². The first kappa shape index (κ1) is 13.3. The summed E-state index contributed by atoms with van der Waals surface area (Å²) in [5, 5.41) is 3.60. The molecular weight excluding hydrogens is 238 g/mol. The molecule has 0 amide bonds. The lowest BCUT2D eigenvalue weighted by atomic mass is 10.0. The number of thiophene rings is 1. The standard InChI is InChI=1S/C16H21NS/c1-3-14-10-11-16(18-14)15(17-4-2)12-13-8-6-5-7-9-13/h5-11,15,17H,3-4,12H2,1-2H3. The van der Waals surface area contributed by atoms with Gasteiger partial charge >= 0.3 is 0 Å². The van der Waals surface area contributed by atoms with Gasteiger partial charge in [-0.2, -0.15) is 0 Å². The molecule has 0 spiro atoms. The first-order chi connectivity index (χ1) is 8.83. The van der Waals surface area contributed by atoms with Crippen LogP contribution < -0.4 is 5.32 Å². The second-order valence-corrected chi connectivity index (χ2v) is 5.66. The average molecular weight is 259 g/mol. The van der Waals surface area contributed by atoms with Crippen molar-refractivity contribution < 1.29 is 0 Å². The van der Waals surface area contributed by atoms with Gasteiger partial charge in [-0.15, -0.1) is 11.3 Å². The fourth-order valence-corrected chi connectivity index (χ4v) is 3.17. The number of rotatable bonds is 6. The summed E-state index contributed by atoms with van der Waals surface area (Å²) in [5.74, 6) is 0. The highest BCUT2D eigenvalue weighted by Crippen LogP contribution is 2.26. The number of hydrogen-bond acceptors (Lipinski definition) is 2. The summed E-state index contributed by atoms with van der Waals surface area (Å²) in [6.07, 6.45) is 2.20. The van der Waals surface area contributed by atoms with Gasteiger partial charge in [-0.1, -0.05) is 44.2 Å². The van der Waals surface area contributed by atoms with E-state index in [2.05, 4.69) is 61.6 Å². The van der Waals surface area contributed by atoms with E-state index < -0.39 is 0 Å². The lowest BCUT2D eigenvalue weighted by molar-refractivity contribution is 0.558. The van der Waals surface area contributed by atoms with Crippen molar-refractivity contribution in [3.63, 3.8) is 0 Å². The molecule has 0 aliphatic carbocycles. The number of nitrogens with one attached hydrogen (secondary N) is 1. The Morgan fingerprint density at radius 3 is 2.44 bits per heavy atom. The molecule has 0 fully saturated rings. The van der Waals surface area contributed by atoms with Gasteiger partial charge in [0.25, 0.3) is 0 Å². The molecule has 0 aliphatic heterocycles. The number of hydrogen-bond donors (Lipinski definition) is 1. The lowest BCUT2D eigenvalue weighted by Crippen LogP contribution is -2.22. The maximum Gasteiger partial charge on any atom is 0.0455 e. The van der Waals surface area contributed by atoms with Gasteiger partial charge in [0.15, 0.2) is 0 Å². The summed E-state index contributed by atoms with van der Waals surface area (Å²) in [4.78, 5) is 2.93. The summed E-state index contributed by atoms with van der Waals surface area (Å²) in [6.45, 7) is 5.40. The summed E-state index contributed by atoms with van der Waals surface area (Å²) in [7, 11) is 0. The molecule has 0 saturated carbocycles. The molecule has 0 saturated heterocycles. The molecule has 1 heterocycles. The predicted molar refractivity (Wildman–Crippen MR) is 80.3 cm³/mol. The third kappa shape index (κ3) is 3.44. The molecule has 18 heavy (non-hydrogen) atoms. The van der Waals surface area contributed by atoms with Crippen molar-refractivity contribution in [2.24, 2.45) is 0 Å². The smallest absolute Gasteiger partial charge is 0.0455 e. The summed E-state index contributed by atoms with van der Waals surface area (Å²) < 4.78 is 0. The maximum absolute atomic E-state index is 3.60. The number of likely N-dealkylation sites (N-methyl/N-ethyl adjacent to an activating group) is 1. The van der Waals surface area contributed by atoms with E-state index in [0.29, 0.717) is 6.04 Å². The van der Waals surface area contributed by atoms with E-state index in [-0.39, 0.29) is 0 Å². The highest BCUT2D eigenvalue weighted by Gasteiger charge is 2.13. The zero-order valence-electron chi connectivity index (χ0n) is 11.1. The SMILES string of the molecule is CCNC(Cc1ccccc1)c1ccc(CC)s1. The highest BCUT2D eigenvalue weighted by atomic mass is 32.1. The topological polar surface area (TPSA) is 12.0 Å². The number of benzene rings is 1. The molecule has 1 aromatic carbocycles. The molecule has 96 valence electrons. The Morgan fingerprint density at radius 2 is 1.83 bits per heavy atom. The normalized spacial score (nSPS) is 12.6. The van der Waals surface area contributed by atoms with E-state index in [1.54, 1.807) is 0 Å². The minimum Gasteiger partial charge on any atom is -0.309 e. The molecule has 0 radical (unpaired) electrons. The van der Waals surface area contributed by atoms with E-state index in [1.165, 1.54) is 15.3 Å². The number of aryl methyl sites for hydroxylation is 1. The third-order valence-electron chi connectivity index (χ3n) is 3.11. The minimum absolute atomic E-state index is 0.447. The van der Waals surface area contributed by atoms with Gasteiger partial charge in [-0.25, -0.2) is 0 Å².